The average molecular weight is 448 g/mol. The van der Waals surface area contributed by atoms with E-state index >= 15 is 0 Å². The van der Waals surface area contributed by atoms with Crippen LogP contribution in [0.1, 0.15) is 64.9 Å². The molecule has 0 bridgehead atoms. The van der Waals surface area contributed by atoms with Gasteiger partial charge < -0.3 is 10.1 Å². The first-order valence-corrected chi connectivity index (χ1v) is 13.3. The molecular weight excluding hydrogens is 414 g/mol. The minimum atomic E-state index is -3.43. The largest absolute Gasteiger partial charge is 0.462 e. The molecule has 1 aliphatic heterocycles. The number of rotatable bonds is 2. The highest BCUT2D eigenvalue weighted by atomic mass is 32.2. The number of carbonyl (C=O) groups excluding carboxylic acids is 1. The van der Waals surface area contributed by atoms with Crippen LogP contribution in [0.25, 0.3) is 0 Å². The fraction of sp³-hybridized carbons (Fsp3) is 0.739. The fourth-order valence-corrected chi connectivity index (χ4v) is 7.93. The number of carbonyl (C=O) groups is 1. The van der Waals surface area contributed by atoms with Gasteiger partial charge in [0.1, 0.15) is 11.9 Å². The van der Waals surface area contributed by atoms with E-state index in [1.54, 1.807) is 6.20 Å². The smallest absolute Gasteiger partial charge is 0.302 e. The zero-order valence-electron chi connectivity index (χ0n) is 18.8. The van der Waals surface area contributed by atoms with E-state index in [-0.39, 0.29) is 23.0 Å². The molecule has 1 aromatic rings. The fourth-order valence-electron chi connectivity index (χ4n) is 7.21. The molecule has 7 nitrogen and oxygen atoms in total. The number of allylic oxidation sites excluding steroid dienone is 1. The van der Waals surface area contributed by atoms with Crippen LogP contribution in [0.15, 0.2) is 17.8 Å². The molecule has 2 heterocycles. The molecule has 31 heavy (non-hydrogen) atoms. The minimum absolute atomic E-state index is 0.0166. The first kappa shape index (κ1) is 21.0. The van der Waals surface area contributed by atoms with Gasteiger partial charge in [0, 0.05) is 24.4 Å². The summed E-state index contributed by atoms with van der Waals surface area (Å²) in [6, 6.07) is 0. The molecule has 1 aromatic heterocycles. The number of hydrogen-bond donors (Lipinski definition) is 1. The minimum Gasteiger partial charge on any atom is -0.462 e. The third-order valence-electron chi connectivity index (χ3n) is 8.75. The van der Waals surface area contributed by atoms with Crippen molar-refractivity contribution in [1.29, 1.82) is 0 Å². The molecule has 0 aromatic carbocycles. The number of esters is 1. The maximum Gasteiger partial charge on any atom is 0.302 e. The number of anilines is 1. The van der Waals surface area contributed by atoms with E-state index in [1.807, 2.05) is 0 Å². The number of fused-ring (bicyclic) bond motifs is 6. The van der Waals surface area contributed by atoms with E-state index in [9.17, 15) is 13.2 Å². The second-order valence-electron chi connectivity index (χ2n) is 10.6. The molecule has 3 aliphatic carbocycles. The Labute approximate surface area is 184 Å². The normalized spacial score (nSPS) is 39.2. The van der Waals surface area contributed by atoms with Crippen molar-refractivity contribution in [3.05, 3.63) is 23.4 Å². The number of hydrogen-bond acceptors (Lipinski definition) is 6. The highest BCUT2D eigenvalue weighted by Crippen LogP contribution is 2.61. The van der Waals surface area contributed by atoms with Crippen LogP contribution in [0.2, 0.25) is 0 Å². The Bertz CT molecular complexity index is 1060. The summed E-state index contributed by atoms with van der Waals surface area (Å²) in [6.07, 6.45) is 12.3. The number of nitrogens with zero attached hydrogens (tertiary/aromatic N) is 2. The van der Waals surface area contributed by atoms with Crippen molar-refractivity contribution in [2.45, 2.75) is 77.4 Å². The molecule has 2 fully saturated rings. The van der Waals surface area contributed by atoms with E-state index < -0.39 is 10.0 Å². The summed E-state index contributed by atoms with van der Waals surface area (Å²) in [5.74, 6) is 2.07. The molecule has 0 saturated heterocycles. The highest BCUT2D eigenvalue weighted by molar-refractivity contribution is 7.89. The predicted octanol–water partition coefficient (Wildman–Crippen LogP) is 3.51. The Morgan fingerprint density at radius 2 is 2.00 bits per heavy atom. The van der Waals surface area contributed by atoms with Crippen molar-refractivity contribution in [1.82, 2.24) is 9.19 Å². The first-order valence-electron chi connectivity index (χ1n) is 11.4. The third-order valence-corrected chi connectivity index (χ3v) is 9.66. The van der Waals surface area contributed by atoms with E-state index in [0.29, 0.717) is 23.6 Å². The van der Waals surface area contributed by atoms with Gasteiger partial charge in [-0.3, -0.25) is 4.79 Å². The second kappa shape index (κ2) is 6.83. The topological polar surface area (TPSA) is 90.3 Å². The second-order valence-corrected chi connectivity index (χ2v) is 12.5. The van der Waals surface area contributed by atoms with Crippen molar-refractivity contribution in [3.63, 3.8) is 0 Å². The van der Waals surface area contributed by atoms with Gasteiger partial charge in [-0.25, -0.2) is 8.42 Å². The van der Waals surface area contributed by atoms with E-state index in [0.717, 1.165) is 54.6 Å². The lowest BCUT2D eigenvalue weighted by molar-refractivity contribution is -0.148. The molecule has 0 spiro atoms. The lowest BCUT2D eigenvalue weighted by Gasteiger charge is -2.59. The summed E-state index contributed by atoms with van der Waals surface area (Å²) >= 11 is 0. The first-order chi connectivity index (χ1) is 14.5. The van der Waals surface area contributed by atoms with E-state index in [4.69, 9.17) is 4.74 Å². The molecule has 6 unspecified atom stereocenters. The van der Waals surface area contributed by atoms with Gasteiger partial charge in [0.2, 0.25) is 0 Å². The molecule has 1 N–H and O–H groups in total. The molecule has 0 radical (unpaired) electrons. The molecule has 170 valence electrons. The van der Waals surface area contributed by atoms with E-state index in [1.165, 1.54) is 18.8 Å². The summed E-state index contributed by atoms with van der Waals surface area (Å²) < 4.78 is 31.0. The Balaban J connectivity index is 1.45. The van der Waals surface area contributed by atoms with Crippen LogP contribution >= 0.6 is 0 Å². The Hall–Kier alpha value is -1.83. The maximum absolute atomic E-state index is 12.2. The molecule has 0 amide bonds. The molecule has 5 rings (SSSR count). The standard InChI is InChI=1S/C23H33N3O4S/c1-14(27)30-17-7-9-22(2)16(12-17)5-6-18-19(22)8-10-23(3)20(18)11-15-13-24-26(21(15)25-23)31(4,28)29/h5,13,17-20,25H,6-12H2,1-4H3. The van der Waals surface area contributed by atoms with Crippen LogP contribution in [-0.2, 0) is 26.0 Å². The lowest BCUT2D eigenvalue weighted by Crippen LogP contribution is -2.58. The van der Waals surface area contributed by atoms with Crippen molar-refractivity contribution in [2.24, 2.45) is 23.2 Å². The van der Waals surface area contributed by atoms with Gasteiger partial charge in [-0.15, -0.1) is 4.09 Å². The maximum atomic E-state index is 12.2. The van der Waals surface area contributed by atoms with Crippen LogP contribution in [-0.4, -0.2) is 41.5 Å². The predicted molar refractivity (Wildman–Crippen MR) is 118 cm³/mol. The van der Waals surface area contributed by atoms with Crippen LogP contribution in [0.5, 0.6) is 0 Å². The molecule has 4 aliphatic rings. The Morgan fingerprint density at radius 1 is 1.23 bits per heavy atom. The number of aromatic nitrogens is 2. The summed E-state index contributed by atoms with van der Waals surface area (Å²) in [5.41, 5.74) is 2.52. The monoisotopic (exact) mass is 447 g/mol. The summed E-state index contributed by atoms with van der Waals surface area (Å²) in [4.78, 5) is 11.4. The van der Waals surface area contributed by atoms with Gasteiger partial charge in [0.15, 0.2) is 0 Å². The molecule has 2 saturated carbocycles. The van der Waals surface area contributed by atoms with Crippen LogP contribution in [0, 0.1) is 23.2 Å². The van der Waals surface area contributed by atoms with Crippen LogP contribution < -0.4 is 5.32 Å². The van der Waals surface area contributed by atoms with Crippen LogP contribution in [0.4, 0.5) is 5.82 Å². The third kappa shape index (κ3) is 3.24. The van der Waals surface area contributed by atoms with Gasteiger partial charge in [0.25, 0.3) is 10.0 Å². The lowest BCUT2D eigenvalue weighted by atomic mass is 9.48. The van der Waals surface area contributed by atoms with Gasteiger partial charge in [-0.2, -0.15) is 5.10 Å². The summed E-state index contributed by atoms with van der Waals surface area (Å²) in [6.45, 7) is 6.18. The summed E-state index contributed by atoms with van der Waals surface area (Å²) in [7, 11) is -3.43. The SMILES string of the molecule is CC(=O)OC1CCC2(C)C(=CCC3C4Cc5cnn(S(C)(=O)=O)c5NC4(C)CCC32)C1. The molecule has 6 atom stereocenters. The van der Waals surface area contributed by atoms with Crippen molar-refractivity contribution in [3.8, 4) is 0 Å². The molecule has 8 heteroatoms. The zero-order chi connectivity index (χ0) is 22.2. The van der Waals surface area contributed by atoms with Gasteiger partial charge in [-0.05, 0) is 68.6 Å². The van der Waals surface area contributed by atoms with E-state index in [2.05, 4.69) is 30.3 Å². The Kier molecular flexibility index (Phi) is 4.64. The van der Waals surface area contributed by atoms with Gasteiger partial charge in [-0.1, -0.05) is 18.6 Å². The summed E-state index contributed by atoms with van der Waals surface area (Å²) in [5, 5.41) is 7.81. The zero-order valence-corrected chi connectivity index (χ0v) is 19.7. The van der Waals surface area contributed by atoms with Crippen molar-refractivity contribution < 1.29 is 17.9 Å². The number of nitrogens with one attached hydrogen (secondary N) is 1. The van der Waals surface area contributed by atoms with Gasteiger partial charge in [0.05, 0.1) is 12.5 Å². The quantitative estimate of drug-likeness (QED) is 0.551. The highest BCUT2D eigenvalue weighted by Gasteiger charge is 2.56. The van der Waals surface area contributed by atoms with Gasteiger partial charge >= 0.3 is 5.97 Å². The van der Waals surface area contributed by atoms with Crippen LogP contribution in [0.3, 0.4) is 0 Å². The van der Waals surface area contributed by atoms with Crippen molar-refractivity contribution >= 4 is 21.8 Å². The van der Waals surface area contributed by atoms with Crippen molar-refractivity contribution in [2.75, 3.05) is 11.6 Å². The number of ether oxygens (including phenoxy) is 1. The Morgan fingerprint density at radius 3 is 2.71 bits per heavy atom. The molecular formula is C23H33N3O4S. The average Bonchev–Trinajstić information content (AvgIpc) is 3.08.